The lowest BCUT2D eigenvalue weighted by atomic mass is 10.1. The quantitative estimate of drug-likeness (QED) is 0.837. The number of ether oxygens (including phenoxy) is 1. The number of hydrogen-bond donors (Lipinski definition) is 1. The lowest BCUT2D eigenvalue weighted by molar-refractivity contribution is -0.131. The maximum Gasteiger partial charge on any atom is 0.224 e. The summed E-state index contributed by atoms with van der Waals surface area (Å²) in [7, 11) is 1.60. The first kappa shape index (κ1) is 12.8. The molecule has 2 rings (SSSR count). The second kappa shape index (κ2) is 5.77. The van der Waals surface area contributed by atoms with Crippen molar-refractivity contribution in [3.63, 3.8) is 0 Å². The first-order chi connectivity index (χ1) is 8.70. The zero-order chi connectivity index (χ0) is 13.0. The molecule has 1 aliphatic heterocycles. The molecule has 1 aromatic heterocycles. The fourth-order valence-corrected chi connectivity index (χ4v) is 2.19. The summed E-state index contributed by atoms with van der Waals surface area (Å²) in [4.78, 5) is 21.8. The van der Waals surface area contributed by atoms with Gasteiger partial charge in [0.15, 0.2) is 0 Å². The second-order valence-corrected chi connectivity index (χ2v) is 4.41. The van der Waals surface area contributed by atoms with Gasteiger partial charge in [-0.1, -0.05) is 0 Å². The maximum absolute atomic E-state index is 11.8. The first-order valence-electron chi connectivity index (χ1n) is 6.06. The van der Waals surface area contributed by atoms with Gasteiger partial charge in [-0.3, -0.25) is 4.79 Å². The van der Waals surface area contributed by atoms with Gasteiger partial charge in [-0.2, -0.15) is 0 Å². The third kappa shape index (κ3) is 2.95. The molecule has 1 aliphatic rings. The smallest absolute Gasteiger partial charge is 0.224 e. The van der Waals surface area contributed by atoms with E-state index in [9.17, 15) is 4.79 Å². The number of methoxy groups -OCH3 is 1. The van der Waals surface area contributed by atoms with E-state index in [2.05, 4.69) is 9.97 Å². The van der Waals surface area contributed by atoms with Crippen molar-refractivity contribution >= 4 is 11.9 Å². The molecule has 0 aromatic carbocycles. The lowest BCUT2D eigenvalue weighted by Crippen LogP contribution is -2.29. The van der Waals surface area contributed by atoms with Crippen LogP contribution in [0.25, 0.3) is 0 Å². The number of nitrogen functional groups attached to an aromatic ring is 1. The summed E-state index contributed by atoms with van der Waals surface area (Å²) in [5.74, 6) is 0.694. The highest BCUT2D eigenvalue weighted by Crippen LogP contribution is 2.26. The van der Waals surface area contributed by atoms with Crippen LogP contribution in [0.2, 0.25) is 0 Å². The minimum absolute atomic E-state index is 0.140. The number of amides is 1. The zero-order valence-electron chi connectivity index (χ0n) is 10.5. The monoisotopic (exact) mass is 250 g/mol. The Balaban J connectivity index is 1.94. The predicted octanol–water partition coefficient (Wildman–Crippen LogP) is 0.411. The minimum atomic E-state index is 0.140. The number of hydrogen-bond acceptors (Lipinski definition) is 5. The summed E-state index contributed by atoms with van der Waals surface area (Å²) >= 11 is 0. The highest BCUT2D eigenvalue weighted by molar-refractivity contribution is 5.76. The molecule has 0 saturated carbocycles. The van der Waals surface area contributed by atoms with Gasteiger partial charge < -0.3 is 15.4 Å². The summed E-state index contributed by atoms with van der Waals surface area (Å²) in [5, 5.41) is 0. The molecule has 0 unspecified atom stereocenters. The van der Waals surface area contributed by atoms with E-state index in [0.717, 1.165) is 18.7 Å². The fraction of sp³-hybridized carbons (Fsp3) is 0.583. The van der Waals surface area contributed by atoms with Crippen LogP contribution in [0.4, 0.5) is 5.95 Å². The third-order valence-corrected chi connectivity index (χ3v) is 3.18. The predicted molar refractivity (Wildman–Crippen MR) is 66.9 cm³/mol. The van der Waals surface area contributed by atoms with Gasteiger partial charge in [0.25, 0.3) is 0 Å². The van der Waals surface area contributed by atoms with Gasteiger partial charge in [0.05, 0.1) is 18.7 Å². The van der Waals surface area contributed by atoms with Crippen LogP contribution in [0.1, 0.15) is 24.5 Å². The summed E-state index contributed by atoms with van der Waals surface area (Å²) in [5.41, 5.74) is 6.49. The van der Waals surface area contributed by atoms with Crippen LogP contribution in [-0.2, 0) is 9.53 Å². The normalized spacial score (nSPS) is 19.2. The van der Waals surface area contributed by atoms with E-state index < -0.39 is 0 Å². The Morgan fingerprint density at radius 3 is 3.22 bits per heavy atom. The van der Waals surface area contributed by atoms with Gasteiger partial charge in [0.1, 0.15) is 0 Å². The Kier molecular flexibility index (Phi) is 4.09. The molecule has 2 heterocycles. The average molecular weight is 250 g/mol. The molecule has 0 radical (unpaired) electrons. The molecule has 0 aliphatic carbocycles. The highest BCUT2D eigenvalue weighted by atomic mass is 16.5. The molecular formula is C12H18N4O2. The number of likely N-dealkylation sites (tertiary alicyclic amines) is 1. The number of rotatable bonds is 4. The van der Waals surface area contributed by atoms with Crippen LogP contribution >= 0.6 is 0 Å². The maximum atomic E-state index is 11.8. The average Bonchev–Trinajstić information content (AvgIpc) is 2.85. The number of nitrogens with two attached hydrogens (primary N) is 1. The van der Waals surface area contributed by atoms with E-state index in [1.807, 2.05) is 11.0 Å². The van der Waals surface area contributed by atoms with Gasteiger partial charge in [-0.05, 0) is 12.5 Å². The zero-order valence-corrected chi connectivity index (χ0v) is 10.5. The standard InChI is InChI=1S/C12H18N4O2/c1-18-7-4-11(17)16-6-3-9(8-16)10-2-5-14-12(13)15-10/h2,5,9H,3-4,6-8H2,1H3,(H2,13,14,15)/t9-/m1/s1. The SMILES string of the molecule is COCCC(=O)N1CC[C@@H](c2ccnc(N)n2)C1. The Labute approximate surface area is 106 Å². The molecule has 1 aromatic rings. The summed E-state index contributed by atoms with van der Waals surface area (Å²) in [6, 6.07) is 1.87. The van der Waals surface area contributed by atoms with E-state index in [-0.39, 0.29) is 17.8 Å². The van der Waals surface area contributed by atoms with Gasteiger partial charge in [-0.15, -0.1) is 0 Å². The summed E-state index contributed by atoms with van der Waals surface area (Å²) < 4.78 is 4.91. The van der Waals surface area contributed by atoms with E-state index in [4.69, 9.17) is 10.5 Å². The second-order valence-electron chi connectivity index (χ2n) is 4.41. The first-order valence-corrected chi connectivity index (χ1v) is 6.06. The number of nitrogens with zero attached hydrogens (tertiary/aromatic N) is 3. The van der Waals surface area contributed by atoms with Crippen LogP contribution in [0, 0.1) is 0 Å². The summed E-state index contributed by atoms with van der Waals surface area (Å²) in [6.07, 6.45) is 3.03. The van der Waals surface area contributed by atoms with E-state index in [1.165, 1.54) is 0 Å². The molecule has 1 saturated heterocycles. The molecule has 18 heavy (non-hydrogen) atoms. The molecule has 6 heteroatoms. The van der Waals surface area contributed by atoms with Gasteiger partial charge in [0.2, 0.25) is 11.9 Å². The van der Waals surface area contributed by atoms with Crippen LogP contribution in [-0.4, -0.2) is 47.6 Å². The Morgan fingerprint density at radius 1 is 1.67 bits per heavy atom. The van der Waals surface area contributed by atoms with E-state index in [0.29, 0.717) is 19.6 Å². The number of aromatic nitrogens is 2. The van der Waals surface area contributed by atoms with E-state index in [1.54, 1.807) is 13.3 Å². The molecule has 2 N–H and O–H groups in total. The van der Waals surface area contributed by atoms with Crippen LogP contribution in [0.5, 0.6) is 0 Å². The molecule has 1 fully saturated rings. The van der Waals surface area contributed by atoms with Crippen molar-refractivity contribution in [1.82, 2.24) is 14.9 Å². The van der Waals surface area contributed by atoms with Crippen LogP contribution in [0.15, 0.2) is 12.3 Å². The van der Waals surface area contributed by atoms with Crippen LogP contribution in [0.3, 0.4) is 0 Å². The lowest BCUT2D eigenvalue weighted by Gasteiger charge is -2.16. The summed E-state index contributed by atoms with van der Waals surface area (Å²) in [6.45, 7) is 1.95. The van der Waals surface area contributed by atoms with Crippen molar-refractivity contribution in [1.29, 1.82) is 0 Å². The van der Waals surface area contributed by atoms with E-state index >= 15 is 0 Å². The molecule has 1 amide bonds. The Hall–Kier alpha value is -1.69. The molecule has 0 bridgehead atoms. The third-order valence-electron chi connectivity index (χ3n) is 3.18. The minimum Gasteiger partial charge on any atom is -0.384 e. The Morgan fingerprint density at radius 2 is 2.50 bits per heavy atom. The molecule has 0 spiro atoms. The molecular weight excluding hydrogens is 232 g/mol. The van der Waals surface area contributed by atoms with Gasteiger partial charge in [0, 0.05) is 32.3 Å². The van der Waals surface area contributed by atoms with Crippen molar-refractivity contribution in [2.75, 3.05) is 32.5 Å². The van der Waals surface area contributed by atoms with Crippen molar-refractivity contribution < 1.29 is 9.53 Å². The van der Waals surface area contributed by atoms with Crippen LogP contribution < -0.4 is 5.73 Å². The van der Waals surface area contributed by atoms with Gasteiger partial charge >= 0.3 is 0 Å². The topological polar surface area (TPSA) is 81.3 Å². The number of anilines is 1. The highest BCUT2D eigenvalue weighted by Gasteiger charge is 2.27. The van der Waals surface area contributed by atoms with Crippen molar-refractivity contribution in [3.8, 4) is 0 Å². The Bertz CT molecular complexity index is 424. The largest absolute Gasteiger partial charge is 0.384 e. The molecule has 1 atom stereocenters. The van der Waals surface area contributed by atoms with Crippen molar-refractivity contribution in [2.45, 2.75) is 18.8 Å². The number of carbonyl (C=O) groups is 1. The fourth-order valence-electron chi connectivity index (χ4n) is 2.19. The molecule has 98 valence electrons. The number of carbonyl (C=O) groups excluding carboxylic acids is 1. The molecule has 6 nitrogen and oxygen atoms in total. The van der Waals surface area contributed by atoms with Crippen molar-refractivity contribution in [2.24, 2.45) is 0 Å². The van der Waals surface area contributed by atoms with Gasteiger partial charge in [-0.25, -0.2) is 9.97 Å². The van der Waals surface area contributed by atoms with Crippen molar-refractivity contribution in [3.05, 3.63) is 18.0 Å².